The molecule has 0 aromatic rings. The summed E-state index contributed by atoms with van der Waals surface area (Å²) in [6, 6.07) is 0. The summed E-state index contributed by atoms with van der Waals surface area (Å²) in [5, 5.41) is 0. The van der Waals surface area contributed by atoms with Crippen LogP contribution >= 0.6 is 0 Å². The Morgan fingerprint density at radius 1 is 0.317 bits per heavy atom. The second-order valence-electron chi connectivity index (χ2n) is 18.2. The molecule has 0 aliphatic rings. The summed E-state index contributed by atoms with van der Waals surface area (Å²) in [5.74, 6) is -0.866. The van der Waals surface area contributed by atoms with Crippen LogP contribution in [0.15, 0.2) is 12.2 Å². The van der Waals surface area contributed by atoms with Crippen LogP contribution in [0, 0.1) is 0 Å². The number of esters is 3. The quantitative estimate of drug-likeness (QED) is 0.0263. The Hall–Kier alpha value is -1.85. The average molecular weight is 847 g/mol. The van der Waals surface area contributed by atoms with Gasteiger partial charge in [-0.05, 0) is 44.9 Å². The number of allylic oxidation sites excluding steroid dienone is 2. The summed E-state index contributed by atoms with van der Waals surface area (Å²) < 4.78 is 16.7. The summed E-state index contributed by atoms with van der Waals surface area (Å²) in [4.78, 5) is 37.6. The molecule has 1 unspecified atom stereocenters. The van der Waals surface area contributed by atoms with Crippen LogP contribution in [0.3, 0.4) is 0 Å². The lowest BCUT2D eigenvalue weighted by atomic mass is 10.0. The second kappa shape index (κ2) is 49.8. The molecule has 0 bridgehead atoms. The average Bonchev–Trinajstić information content (AvgIpc) is 3.24. The fourth-order valence-electron chi connectivity index (χ4n) is 7.97. The number of carbonyl (C=O) groups is 3. The SMILES string of the molecule is CCCCCCCCCC/C=C\CCCCCCCCCCCCCCCC(=O)OCC(COC(=O)CCCCCCC)OC(=O)CCCCCCCCCCCCCC. The lowest BCUT2D eigenvalue weighted by molar-refractivity contribution is -0.167. The van der Waals surface area contributed by atoms with Crippen molar-refractivity contribution in [3.8, 4) is 0 Å². The van der Waals surface area contributed by atoms with Gasteiger partial charge in [0.05, 0.1) is 0 Å². The van der Waals surface area contributed by atoms with Crippen molar-refractivity contribution < 1.29 is 28.6 Å². The number of ether oxygens (including phenoxy) is 3. The van der Waals surface area contributed by atoms with E-state index in [0.717, 1.165) is 64.2 Å². The molecule has 0 rings (SSSR count). The van der Waals surface area contributed by atoms with E-state index in [1.165, 1.54) is 193 Å². The van der Waals surface area contributed by atoms with Crippen LogP contribution in [0.1, 0.15) is 297 Å². The summed E-state index contributed by atoms with van der Waals surface area (Å²) in [7, 11) is 0. The first-order valence-electron chi connectivity index (χ1n) is 26.7. The number of unbranched alkanes of at least 4 members (excludes halogenated alkanes) is 36. The molecule has 0 aromatic heterocycles. The van der Waals surface area contributed by atoms with Crippen LogP contribution in [-0.4, -0.2) is 37.2 Å². The summed E-state index contributed by atoms with van der Waals surface area (Å²) in [6.07, 6.45) is 55.4. The minimum Gasteiger partial charge on any atom is -0.462 e. The van der Waals surface area contributed by atoms with Gasteiger partial charge >= 0.3 is 17.9 Å². The highest BCUT2D eigenvalue weighted by Crippen LogP contribution is 2.16. The smallest absolute Gasteiger partial charge is 0.306 e. The molecule has 0 amide bonds. The molecule has 0 heterocycles. The van der Waals surface area contributed by atoms with E-state index in [1.807, 2.05) is 0 Å². The zero-order valence-corrected chi connectivity index (χ0v) is 40.5. The molecule has 6 nitrogen and oxygen atoms in total. The Morgan fingerprint density at radius 3 is 0.833 bits per heavy atom. The molecule has 0 N–H and O–H groups in total. The van der Waals surface area contributed by atoms with E-state index < -0.39 is 6.10 Å². The Morgan fingerprint density at radius 2 is 0.550 bits per heavy atom. The monoisotopic (exact) mass is 847 g/mol. The highest BCUT2D eigenvalue weighted by Gasteiger charge is 2.19. The van der Waals surface area contributed by atoms with E-state index in [-0.39, 0.29) is 31.1 Å². The zero-order valence-electron chi connectivity index (χ0n) is 40.5. The van der Waals surface area contributed by atoms with Gasteiger partial charge in [-0.3, -0.25) is 14.4 Å². The molecule has 0 aliphatic carbocycles. The second-order valence-corrected chi connectivity index (χ2v) is 18.2. The van der Waals surface area contributed by atoms with Crippen molar-refractivity contribution in [2.75, 3.05) is 13.2 Å². The van der Waals surface area contributed by atoms with Crippen LogP contribution in [0.4, 0.5) is 0 Å². The predicted octanol–water partition coefficient (Wildman–Crippen LogP) is 17.4. The maximum absolute atomic E-state index is 12.7. The van der Waals surface area contributed by atoms with Gasteiger partial charge in [-0.15, -0.1) is 0 Å². The first-order valence-corrected chi connectivity index (χ1v) is 26.7. The molecule has 0 aliphatic heterocycles. The minimum atomic E-state index is -0.760. The van der Waals surface area contributed by atoms with Crippen molar-refractivity contribution in [1.82, 2.24) is 0 Å². The van der Waals surface area contributed by atoms with Gasteiger partial charge in [0, 0.05) is 19.3 Å². The van der Waals surface area contributed by atoms with Crippen molar-refractivity contribution >= 4 is 17.9 Å². The third-order valence-electron chi connectivity index (χ3n) is 12.0. The third-order valence-corrected chi connectivity index (χ3v) is 12.0. The van der Waals surface area contributed by atoms with Crippen molar-refractivity contribution in [1.29, 1.82) is 0 Å². The molecule has 60 heavy (non-hydrogen) atoms. The summed E-state index contributed by atoms with van der Waals surface area (Å²) in [5.41, 5.74) is 0. The van der Waals surface area contributed by atoms with Gasteiger partial charge in [0.15, 0.2) is 6.10 Å². The standard InChI is InChI=1S/C54H102O6/c1-4-7-10-13-15-17-19-21-22-23-24-25-26-27-28-29-30-31-32-33-35-36-38-41-44-47-53(56)59-50-51(49-58-52(55)46-43-40-12-9-6-3)60-54(57)48-45-42-39-37-34-20-18-16-14-11-8-5-2/h23-24,51H,4-22,25-50H2,1-3H3/b24-23-. The van der Waals surface area contributed by atoms with Crippen LogP contribution < -0.4 is 0 Å². The predicted molar refractivity (Wildman–Crippen MR) is 256 cm³/mol. The van der Waals surface area contributed by atoms with Crippen LogP contribution in [0.25, 0.3) is 0 Å². The van der Waals surface area contributed by atoms with E-state index in [4.69, 9.17) is 14.2 Å². The lowest BCUT2D eigenvalue weighted by Gasteiger charge is -2.18. The van der Waals surface area contributed by atoms with Gasteiger partial charge in [-0.1, -0.05) is 245 Å². The van der Waals surface area contributed by atoms with Crippen molar-refractivity contribution in [3.05, 3.63) is 12.2 Å². The van der Waals surface area contributed by atoms with Gasteiger partial charge in [0.25, 0.3) is 0 Å². The molecule has 6 heteroatoms. The molecule has 0 aromatic carbocycles. The van der Waals surface area contributed by atoms with Crippen LogP contribution in [0.2, 0.25) is 0 Å². The van der Waals surface area contributed by atoms with Crippen molar-refractivity contribution in [3.63, 3.8) is 0 Å². The number of rotatable bonds is 49. The van der Waals surface area contributed by atoms with Gasteiger partial charge in [0.2, 0.25) is 0 Å². The lowest BCUT2D eigenvalue weighted by Crippen LogP contribution is -2.30. The van der Waals surface area contributed by atoms with E-state index in [0.29, 0.717) is 19.3 Å². The zero-order chi connectivity index (χ0) is 43.7. The maximum Gasteiger partial charge on any atom is 0.306 e. The van der Waals surface area contributed by atoms with Crippen LogP contribution in [0.5, 0.6) is 0 Å². The van der Waals surface area contributed by atoms with E-state index in [2.05, 4.69) is 32.9 Å². The van der Waals surface area contributed by atoms with Gasteiger partial charge in [-0.2, -0.15) is 0 Å². The molecule has 0 saturated carbocycles. The molecular weight excluding hydrogens is 745 g/mol. The Balaban J connectivity index is 3.99. The molecular formula is C54H102O6. The molecule has 0 spiro atoms. The maximum atomic E-state index is 12.7. The Labute approximate surface area is 373 Å². The Kier molecular flexibility index (Phi) is 48.3. The van der Waals surface area contributed by atoms with Crippen molar-refractivity contribution in [2.45, 2.75) is 303 Å². The molecule has 0 saturated heterocycles. The van der Waals surface area contributed by atoms with Crippen molar-refractivity contribution in [2.24, 2.45) is 0 Å². The van der Waals surface area contributed by atoms with E-state index in [1.54, 1.807) is 0 Å². The van der Waals surface area contributed by atoms with Gasteiger partial charge in [-0.25, -0.2) is 0 Å². The van der Waals surface area contributed by atoms with Gasteiger partial charge in [0.1, 0.15) is 13.2 Å². The van der Waals surface area contributed by atoms with E-state index >= 15 is 0 Å². The van der Waals surface area contributed by atoms with Gasteiger partial charge < -0.3 is 14.2 Å². The third kappa shape index (κ3) is 47.2. The number of hydrogen-bond donors (Lipinski definition) is 0. The molecule has 0 radical (unpaired) electrons. The van der Waals surface area contributed by atoms with E-state index in [9.17, 15) is 14.4 Å². The summed E-state index contributed by atoms with van der Waals surface area (Å²) >= 11 is 0. The van der Waals surface area contributed by atoms with Crippen LogP contribution in [-0.2, 0) is 28.6 Å². The Bertz CT molecular complexity index is 931. The number of carbonyl (C=O) groups excluding carboxylic acids is 3. The highest BCUT2D eigenvalue weighted by atomic mass is 16.6. The number of hydrogen-bond acceptors (Lipinski definition) is 6. The molecule has 0 fully saturated rings. The minimum absolute atomic E-state index is 0.0659. The highest BCUT2D eigenvalue weighted by molar-refractivity contribution is 5.71. The first kappa shape index (κ1) is 58.1. The summed E-state index contributed by atoms with van der Waals surface area (Å²) in [6.45, 7) is 6.58. The molecule has 354 valence electrons. The largest absolute Gasteiger partial charge is 0.462 e. The molecule has 1 atom stereocenters. The first-order chi connectivity index (χ1) is 29.5. The fourth-order valence-corrected chi connectivity index (χ4v) is 7.97. The normalized spacial score (nSPS) is 12.0. The topological polar surface area (TPSA) is 78.9 Å². The fraction of sp³-hybridized carbons (Fsp3) is 0.907.